The number of hydrogen-bond acceptors (Lipinski definition) is 1. The molecule has 0 spiro atoms. The minimum absolute atomic E-state index is 0.231. The molecule has 1 saturated heterocycles. The van der Waals surface area contributed by atoms with E-state index in [1.807, 2.05) is 25.7 Å². The zero-order valence-corrected chi connectivity index (χ0v) is 10.2. The van der Waals surface area contributed by atoms with E-state index in [0.29, 0.717) is 6.04 Å². The highest BCUT2D eigenvalue weighted by molar-refractivity contribution is 9.09. The Morgan fingerprint density at radius 2 is 2.15 bits per heavy atom. The first-order valence-electron chi connectivity index (χ1n) is 4.84. The molecule has 0 unspecified atom stereocenters. The van der Waals surface area contributed by atoms with Gasteiger partial charge in [0.15, 0.2) is 0 Å². The molecule has 13 heavy (non-hydrogen) atoms. The summed E-state index contributed by atoms with van der Waals surface area (Å²) in [5.41, 5.74) is -0.231. The molecule has 76 valence electrons. The smallest absolute Gasteiger partial charge is 0.228 e. The number of amides is 1. The molecule has 1 heterocycles. The molecule has 1 fully saturated rings. The fourth-order valence-electron chi connectivity index (χ4n) is 1.69. The second-order valence-electron chi connectivity index (χ2n) is 4.70. The maximum Gasteiger partial charge on any atom is 0.228 e. The Morgan fingerprint density at radius 3 is 2.62 bits per heavy atom. The number of halogens is 1. The van der Waals surface area contributed by atoms with Crippen molar-refractivity contribution in [2.45, 2.75) is 39.7 Å². The first-order valence-corrected chi connectivity index (χ1v) is 5.96. The molecule has 1 amide bonds. The van der Waals surface area contributed by atoms with Crippen LogP contribution in [0.25, 0.3) is 0 Å². The van der Waals surface area contributed by atoms with E-state index < -0.39 is 0 Å². The van der Waals surface area contributed by atoms with Gasteiger partial charge in [0.1, 0.15) is 0 Å². The van der Waals surface area contributed by atoms with E-state index >= 15 is 0 Å². The first kappa shape index (κ1) is 11.0. The third-order valence-electron chi connectivity index (χ3n) is 2.46. The zero-order valence-electron chi connectivity index (χ0n) is 8.64. The van der Waals surface area contributed by atoms with E-state index in [0.717, 1.165) is 24.7 Å². The van der Waals surface area contributed by atoms with Gasteiger partial charge in [0, 0.05) is 23.3 Å². The second kappa shape index (κ2) is 3.99. The summed E-state index contributed by atoms with van der Waals surface area (Å²) in [6.07, 6.45) is 2.30. The Morgan fingerprint density at radius 1 is 1.54 bits per heavy atom. The lowest BCUT2D eigenvalue weighted by Crippen LogP contribution is -2.43. The summed E-state index contributed by atoms with van der Waals surface area (Å²) in [7, 11) is 0. The van der Waals surface area contributed by atoms with Crippen LogP contribution in [0.15, 0.2) is 0 Å². The Labute approximate surface area is 88.8 Å². The van der Waals surface area contributed by atoms with Crippen molar-refractivity contribution in [3.63, 3.8) is 0 Å². The number of carbonyl (C=O) groups is 1. The third-order valence-corrected chi connectivity index (χ3v) is 3.21. The van der Waals surface area contributed by atoms with Crippen LogP contribution in [-0.4, -0.2) is 28.7 Å². The van der Waals surface area contributed by atoms with Crippen LogP contribution in [-0.2, 0) is 4.79 Å². The van der Waals surface area contributed by atoms with Gasteiger partial charge in [0.05, 0.1) is 0 Å². The zero-order chi connectivity index (χ0) is 10.1. The van der Waals surface area contributed by atoms with Crippen LogP contribution in [0.4, 0.5) is 0 Å². The summed E-state index contributed by atoms with van der Waals surface area (Å²) in [6.45, 7) is 6.89. The summed E-state index contributed by atoms with van der Waals surface area (Å²) in [6, 6.07) is 0.423. The summed E-state index contributed by atoms with van der Waals surface area (Å²) in [4.78, 5) is 14.0. The van der Waals surface area contributed by atoms with Gasteiger partial charge in [-0.05, 0) is 12.8 Å². The van der Waals surface area contributed by atoms with Gasteiger partial charge in [-0.15, -0.1) is 0 Å². The Hall–Kier alpha value is -0.0500. The average Bonchev–Trinajstić information content (AvgIpc) is 2.48. The van der Waals surface area contributed by atoms with Crippen LogP contribution in [0.3, 0.4) is 0 Å². The van der Waals surface area contributed by atoms with Gasteiger partial charge in [-0.2, -0.15) is 0 Å². The van der Waals surface area contributed by atoms with Crippen molar-refractivity contribution in [1.29, 1.82) is 0 Å². The lowest BCUT2D eigenvalue weighted by atomic mass is 9.94. The number of carbonyl (C=O) groups excluding carboxylic acids is 1. The average molecular weight is 248 g/mol. The Bertz CT molecular complexity index is 198. The molecule has 2 nitrogen and oxygen atoms in total. The summed E-state index contributed by atoms with van der Waals surface area (Å²) in [5.74, 6) is 0.287. The first-order chi connectivity index (χ1) is 5.96. The second-order valence-corrected chi connectivity index (χ2v) is 5.35. The fraction of sp³-hybridized carbons (Fsp3) is 0.900. The highest BCUT2D eigenvalue weighted by Gasteiger charge is 2.34. The molecule has 0 saturated carbocycles. The maximum absolute atomic E-state index is 11.9. The number of nitrogens with zero attached hydrogens (tertiary/aromatic N) is 1. The molecule has 1 rings (SSSR count). The predicted molar refractivity (Wildman–Crippen MR) is 58.0 cm³/mol. The van der Waals surface area contributed by atoms with Gasteiger partial charge < -0.3 is 4.90 Å². The van der Waals surface area contributed by atoms with E-state index in [1.165, 1.54) is 0 Å². The quantitative estimate of drug-likeness (QED) is 0.652. The third kappa shape index (κ3) is 2.46. The molecular weight excluding hydrogens is 230 g/mol. The molecule has 1 aliphatic rings. The van der Waals surface area contributed by atoms with E-state index in [9.17, 15) is 4.79 Å². The van der Waals surface area contributed by atoms with Crippen molar-refractivity contribution in [2.24, 2.45) is 5.41 Å². The lowest BCUT2D eigenvalue weighted by molar-refractivity contribution is -0.139. The Balaban J connectivity index is 2.66. The van der Waals surface area contributed by atoms with E-state index in [1.54, 1.807) is 0 Å². The van der Waals surface area contributed by atoms with Crippen molar-refractivity contribution < 1.29 is 4.79 Å². The van der Waals surface area contributed by atoms with Gasteiger partial charge in [-0.1, -0.05) is 36.7 Å². The highest BCUT2D eigenvalue weighted by Crippen LogP contribution is 2.25. The summed E-state index contributed by atoms with van der Waals surface area (Å²) in [5, 5.41) is 0.912. The maximum atomic E-state index is 11.9. The van der Waals surface area contributed by atoms with Crippen LogP contribution in [0.5, 0.6) is 0 Å². The number of hydrogen-bond donors (Lipinski definition) is 0. The van der Waals surface area contributed by atoms with Gasteiger partial charge in [-0.25, -0.2) is 0 Å². The number of alkyl halides is 1. The van der Waals surface area contributed by atoms with Crippen LogP contribution >= 0.6 is 15.9 Å². The van der Waals surface area contributed by atoms with Crippen molar-refractivity contribution in [1.82, 2.24) is 4.90 Å². The molecule has 3 heteroatoms. The minimum Gasteiger partial charge on any atom is -0.338 e. The van der Waals surface area contributed by atoms with Gasteiger partial charge >= 0.3 is 0 Å². The standard InChI is InChI=1S/C10H18BrNO/c1-10(2,3)9(13)12-6-4-5-8(12)7-11/h8H,4-7H2,1-3H3/t8-/m1/s1. The van der Waals surface area contributed by atoms with Crippen molar-refractivity contribution in [3.05, 3.63) is 0 Å². The van der Waals surface area contributed by atoms with Crippen LogP contribution in [0.2, 0.25) is 0 Å². The van der Waals surface area contributed by atoms with Gasteiger partial charge in [0.25, 0.3) is 0 Å². The van der Waals surface area contributed by atoms with Crippen LogP contribution in [0.1, 0.15) is 33.6 Å². The topological polar surface area (TPSA) is 20.3 Å². The van der Waals surface area contributed by atoms with Gasteiger partial charge in [0.2, 0.25) is 5.91 Å². The number of likely N-dealkylation sites (tertiary alicyclic amines) is 1. The van der Waals surface area contributed by atoms with Crippen molar-refractivity contribution in [3.8, 4) is 0 Å². The van der Waals surface area contributed by atoms with Crippen molar-refractivity contribution in [2.75, 3.05) is 11.9 Å². The molecule has 0 aliphatic carbocycles. The van der Waals surface area contributed by atoms with Crippen LogP contribution in [0, 0.1) is 5.41 Å². The molecule has 0 aromatic carbocycles. The minimum atomic E-state index is -0.231. The molecular formula is C10H18BrNO. The number of rotatable bonds is 1. The monoisotopic (exact) mass is 247 g/mol. The fourth-order valence-corrected chi connectivity index (χ4v) is 2.37. The van der Waals surface area contributed by atoms with Crippen LogP contribution < -0.4 is 0 Å². The lowest BCUT2D eigenvalue weighted by Gasteiger charge is -2.30. The molecule has 0 bridgehead atoms. The van der Waals surface area contributed by atoms with Gasteiger partial charge in [-0.3, -0.25) is 4.79 Å². The molecule has 0 aromatic rings. The summed E-state index contributed by atoms with van der Waals surface area (Å²) >= 11 is 3.46. The predicted octanol–water partition coefficient (Wildman–Crippen LogP) is 2.42. The normalized spacial score (nSPS) is 23.7. The van der Waals surface area contributed by atoms with E-state index in [2.05, 4.69) is 15.9 Å². The molecule has 1 aliphatic heterocycles. The SMILES string of the molecule is CC(C)(C)C(=O)N1CCC[C@@H]1CBr. The summed E-state index contributed by atoms with van der Waals surface area (Å²) < 4.78 is 0. The highest BCUT2D eigenvalue weighted by atomic mass is 79.9. The van der Waals surface area contributed by atoms with Crippen molar-refractivity contribution >= 4 is 21.8 Å². The molecule has 0 aromatic heterocycles. The molecule has 0 radical (unpaired) electrons. The molecule has 1 atom stereocenters. The largest absolute Gasteiger partial charge is 0.338 e. The molecule has 0 N–H and O–H groups in total. The Kier molecular flexibility index (Phi) is 3.38. The van der Waals surface area contributed by atoms with E-state index in [-0.39, 0.29) is 11.3 Å². The van der Waals surface area contributed by atoms with E-state index in [4.69, 9.17) is 0 Å².